The van der Waals surface area contributed by atoms with E-state index in [-0.39, 0.29) is 0 Å². The van der Waals surface area contributed by atoms with Crippen molar-refractivity contribution in [2.24, 2.45) is 0 Å². The number of nitrogens with one attached hydrogen (secondary N) is 1. The van der Waals surface area contributed by atoms with Crippen molar-refractivity contribution in [3.63, 3.8) is 0 Å². The summed E-state index contributed by atoms with van der Waals surface area (Å²) in [6, 6.07) is 5.48. The Morgan fingerprint density at radius 3 is 2.29 bits per heavy atom. The molecule has 4 nitrogen and oxygen atoms in total. The van der Waals surface area contributed by atoms with E-state index in [4.69, 9.17) is 9.47 Å². The summed E-state index contributed by atoms with van der Waals surface area (Å²) in [5.41, 5.74) is 0.838. The van der Waals surface area contributed by atoms with Gasteiger partial charge in [0, 0.05) is 6.54 Å². The Hall–Kier alpha value is -1.71. The molecule has 0 aliphatic rings. The highest BCUT2D eigenvalue weighted by Crippen LogP contribution is 2.27. The number of carbonyl (C=O) groups excluding carboxylic acids is 1. The summed E-state index contributed by atoms with van der Waals surface area (Å²) >= 11 is 0. The van der Waals surface area contributed by atoms with Crippen LogP contribution in [-0.4, -0.2) is 20.6 Å². The van der Waals surface area contributed by atoms with E-state index in [1.165, 1.54) is 0 Å². The highest BCUT2D eigenvalue weighted by atomic mass is 16.5. The van der Waals surface area contributed by atoms with E-state index in [2.05, 4.69) is 5.32 Å². The van der Waals surface area contributed by atoms with Crippen LogP contribution in [0.15, 0.2) is 18.2 Å². The number of rotatable bonds is 5. The van der Waals surface area contributed by atoms with Gasteiger partial charge in [-0.05, 0) is 12.1 Å². The van der Waals surface area contributed by atoms with Gasteiger partial charge >= 0.3 is 0 Å². The van der Waals surface area contributed by atoms with Crippen LogP contribution in [-0.2, 0) is 11.3 Å². The molecule has 0 unspecified atom stereocenters. The van der Waals surface area contributed by atoms with Gasteiger partial charge in [0.1, 0.15) is 11.5 Å². The van der Waals surface area contributed by atoms with E-state index in [1.54, 1.807) is 14.2 Å². The van der Waals surface area contributed by atoms with Crippen molar-refractivity contribution < 1.29 is 14.3 Å². The smallest absolute Gasteiger partial charge is 0.207 e. The molecule has 1 rings (SSSR count). The summed E-state index contributed by atoms with van der Waals surface area (Å²) in [5, 5.41) is 2.57. The fourth-order valence-corrected chi connectivity index (χ4v) is 1.25. The van der Waals surface area contributed by atoms with Gasteiger partial charge in [-0.1, -0.05) is 6.07 Å². The van der Waals surface area contributed by atoms with Gasteiger partial charge in [-0.2, -0.15) is 0 Å². The summed E-state index contributed by atoms with van der Waals surface area (Å²) in [6.07, 6.45) is 0.645. The van der Waals surface area contributed by atoms with Crippen molar-refractivity contribution in [2.75, 3.05) is 14.2 Å². The monoisotopic (exact) mass is 195 g/mol. The van der Waals surface area contributed by atoms with E-state index >= 15 is 0 Å². The van der Waals surface area contributed by atoms with Crippen LogP contribution in [0.5, 0.6) is 11.5 Å². The SMILES string of the molecule is COc1cccc(OC)c1CNC=O. The molecule has 76 valence electrons. The molecule has 0 saturated heterocycles. The Morgan fingerprint density at radius 2 is 1.86 bits per heavy atom. The van der Waals surface area contributed by atoms with E-state index in [1.807, 2.05) is 18.2 Å². The Kier molecular flexibility index (Phi) is 3.79. The topological polar surface area (TPSA) is 47.6 Å². The molecule has 0 spiro atoms. The number of hydrogen-bond donors (Lipinski definition) is 1. The maximum atomic E-state index is 10.2. The second kappa shape index (κ2) is 5.11. The maximum absolute atomic E-state index is 10.2. The quantitative estimate of drug-likeness (QED) is 0.711. The summed E-state index contributed by atoms with van der Waals surface area (Å²) < 4.78 is 10.3. The first-order chi connectivity index (χ1) is 6.83. The lowest BCUT2D eigenvalue weighted by Gasteiger charge is -2.11. The molecule has 14 heavy (non-hydrogen) atoms. The number of hydrogen-bond acceptors (Lipinski definition) is 3. The van der Waals surface area contributed by atoms with Crippen LogP contribution in [0.1, 0.15) is 5.56 Å². The maximum Gasteiger partial charge on any atom is 0.207 e. The molecule has 1 N–H and O–H groups in total. The van der Waals surface area contributed by atoms with E-state index < -0.39 is 0 Å². The number of ether oxygens (including phenoxy) is 2. The predicted octanol–water partition coefficient (Wildman–Crippen LogP) is 0.950. The molecule has 1 aromatic rings. The Bertz CT molecular complexity index is 290. The number of methoxy groups -OCH3 is 2. The van der Waals surface area contributed by atoms with Gasteiger partial charge in [0.05, 0.1) is 19.8 Å². The van der Waals surface area contributed by atoms with Gasteiger partial charge in [0.15, 0.2) is 0 Å². The van der Waals surface area contributed by atoms with Gasteiger partial charge < -0.3 is 14.8 Å². The number of benzene rings is 1. The molecule has 0 saturated carbocycles. The molecule has 0 radical (unpaired) electrons. The lowest BCUT2D eigenvalue weighted by molar-refractivity contribution is -0.109. The highest BCUT2D eigenvalue weighted by molar-refractivity contribution is 5.50. The first kappa shape index (κ1) is 10.4. The largest absolute Gasteiger partial charge is 0.496 e. The van der Waals surface area contributed by atoms with Crippen molar-refractivity contribution in [1.82, 2.24) is 5.32 Å². The average Bonchev–Trinajstić information content (AvgIpc) is 2.25. The molecule has 0 aromatic heterocycles. The Morgan fingerprint density at radius 1 is 1.29 bits per heavy atom. The first-order valence-corrected chi connectivity index (χ1v) is 4.20. The third kappa shape index (κ3) is 2.16. The number of carbonyl (C=O) groups is 1. The van der Waals surface area contributed by atoms with Crippen molar-refractivity contribution in [3.8, 4) is 11.5 Å². The van der Waals surface area contributed by atoms with Crippen LogP contribution in [0, 0.1) is 0 Å². The van der Waals surface area contributed by atoms with Crippen LogP contribution < -0.4 is 14.8 Å². The molecule has 0 aliphatic heterocycles. The van der Waals surface area contributed by atoms with Crippen molar-refractivity contribution >= 4 is 6.41 Å². The van der Waals surface area contributed by atoms with Crippen LogP contribution in [0.4, 0.5) is 0 Å². The standard InChI is InChI=1S/C10H13NO3/c1-13-9-4-3-5-10(14-2)8(9)6-11-7-12/h3-5,7H,6H2,1-2H3,(H,11,12). The van der Waals surface area contributed by atoms with Crippen LogP contribution in [0.3, 0.4) is 0 Å². The van der Waals surface area contributed by atoms with Crippen molar-refractivity contribution in [1.29, 1.82) is 0 Å². The van der Waals surface area contributed by atoms with Gasteiger partial charge in [0.2, 0.25) is 6.41 Å². The minimum absolute atomic E-state index is 0.399. The Balaban J connectivity index is 2.99. The van der Waals surface area contributed by atoms with Crippen molar-refractivity contribution in [2.45, 2.75) is 6.54 Å². The van der Waals surface area contributed by atoms with Crippen molar-refractivity contribution in [3.05, 3.63) is 23.8 Å². The van der Waals surface area contributed by atoms with Gasteiger partial charge in [-0.3, -0.25) is 4.79 Å². The third-order valence-corrected chi connectivity index (χ3v) is 1.89. The predicted molar refractivity (Wildman–Crippen MR) is 52.4 cm³/mol. The highest BCUT2D eigenvalue weighted by Gasteiger charge is 2.08. The normalized spacial score (nSPS) is 9.29. The molecule has 0 fully saturated rings. The Labute approximate surface area is 82.8 Å². The summed E-state index contributed by atoms with van der Waals surface area (Å²) in [5.74, 6) is 1.41. The second-order valence-electron chi connectivity index (χ2n) is 2.64. The summed E-state index contributed by atoms with van der Waals surface area (Å²) in [4.78, 5) is 10.2. The lowest BCUT2D eigenvalue weighted by atomic mass is 10.2. The molecule has 1 aromatic carbocycles. The third-order valence-electron chi connectivity index (χ3n) is 1.89. The molecular weight excluding hydrogens is 182 g/mol. The zero-order chi connectivity index (χ0) is 10.4. The zero-order valence-corrected chi connectivity index (χ0v) is 8.24. The minimum atomic E-state index is 0.399. The molecular formula is C10H13NO3. The van der Waals surface area contributed by atoms with Gasteiger partial charge in [-0.25, -0.2) is 0 Å². The molecule has 4 heteroatoms. The van der Waals surface area contributed by atoms with Crippen LogP contribution in [0.2, 0.25) is 0 Å². The van der Waals surface area contributed by atoms with E-state index in [9.17, 15) is 4.79 Å². The fourth-order valence-electron chi connectivity index (χ4n) is 1.25. The van der Waals surface area contributed by atoms with Gasteiger partial charge in [0.25, 0.3) is 0 Å². The lowest BCUT2D eigenvalue weighted by Crippen LogP contribution is -2.11. The summed E-state index contributed by atoms with van der Waals surface area (Å²) in [7, 11) is 3.17. The second-order valence-corrected chi connectivity index (χ2v) is 2.64. The van der Waals surface area contributed by atoms with E-state index in [0.717, 1.165) is 5.56 Å². The van der Waals surface area contributed by atoms with E-state index in [0.29, 0.717) is 24.5 Å². The summed E-state index contributed by atoms with van der Waals surface area (Å²) in [6.45, 7) is 0.399. The first-order valence-electron chi connectivity index (χ1n) is 4.20. The van der Waals surface area contributed by atoms with Gasteiger partial charge in [-0.15, -0.1) is 0 Å². The zero-order valence-electron chi connectivity index (χ0n) is 8.24. The molecule has 0 heterocycles. The fraction of sp³-hybridized carbons (Fsp3) is 0.300. The molecule has 1 amide bonds. The number of amides is 1. The average molecular weight is 195 g/mol. The van der Waals surface area contributed by atoms with Crippen LogP contribution in [0.25, 0.3) is 0 Å². The molecule has 0 atom stereocenters. The molecule has 0 bridgehead atoms. The minimum Gasteiger partial charge on any atom is -0.496 e. The molecule has 0 aliphatic carbocycles. The van der Waals surface area contributed by atoms with Crippen LogP contribution >= 0.6 is 0 Å².